The van der Waals surface area contributed by atoms with E-state index in [2.05, 4.69) is 0 Å². The zero-order chi connectivity index (χ0) is 12.2. The van der Waals surface area contributed by atoms with Crippen LogP contribution in [0.4, 0.5) is 0 Å². The minimum atomic E-state index is -0.673. The maximum absolute atomic E-state index is 9.01. The summed E-state index contributed by atoms with van der Waals surface area (Å²) in [5, 5.41) is 18.0. The van der Waals surface area contributed by atoms with Gasteiger partial charge in [-0.25, -0.2) is 0 Å². The number of epoxide rings is 2. The van der Waals surface area contributed by atoms with Crippen molar-refractivity contribution in [1.82, 2.24) is 0 Å². The van der Waals surface area contributed by atoms with Gasteiger partial charge in [0.2, 0.25) is 0 Å². The van der Waals surface area contributed by atoms with Crippen molar-refractivity contribution in [3.05, 3.63) is 0 Å². The van der Waals surface area contributed by atoms with E-state index in [1.165, 1.54) is 0 Å². The third-order valence-electron chi connectivity index (χ3n) is 3.41. The zero-order valence-corrected chi connectivity index (χ0v) is 9.91. The molecule has 3 saturated heterocycles. The van der Waals surface area contributed by atoms with E-state index in [0.29, 0.717) is 0 Å². The number of aliphatic hydroxyl groups excluding tert-OH is 2. The number of hydrogen-bond acceptors (Lipinski definition) is 6. The molecule has 0 bridgehead atoms. The van der Waals surface area contributed by atoms with Crippen molar-refractivity contribution in [3.8, 4) is 0 Å². The lowest BCUT2D eigenvalue weighted by molar-refractivity contribution is -0.149. The summed E-state index contributed by atoms with van der Waals surface area (Å²) in [5.41, 5.74) is 0. The van der Waals surface area contributed by atoms with E-state index in [9.17, 15) is 0 Å². The zero-order valence-electron chi connectivity index (χ0n) is 9.91. The minimum absolute atomic E-state index is 0.00731. The van der Waals surface area contributed by atoms with Crippen LogP contribution < -0.4 is 0 Å². The van der Waals surface area contributed by atoms with Gasteiger partial charge in [-0.3, -0.25) is 0 Å². The maximum Gasteiger partial charge on any atom is 0.164 e. The van der Waals surface area contributed by atoms with Crippen molar-refractivity contribution in [3.63, 3.8) is 0 Å². The monoisotopic (exact) mass is 246 g/mol. The second-order valence-corrected chi connectivity index (χ2v) is 5.21. The molecule has 3 aliphatic heterocycles. The summed E-state index contributed by atoms with van der Waals surface area (Å²) >= 11 is 0. The summed E-state index contributed by atoms with van der Waals surface area (Å²) in [6, 6.07) is 0. The van der Waals surface area contributed by atoms with Crippen LogP contribution in [0.15, 0.2) is 0 Å². The highest BCUT2D eigenvalue weighted by Crippen LogP contribution is 2.43. The summed E-state index contributed by atoms with van der Waals surface area (Å²) in [4.78, 5) is 0. The van der Waals surface area contributed by atoms with Crippen LogP contribution in [0, 0.1) is 0 Å². The predicted octanol–water partition coefficient (Wildman–Crippen LogP) is -0.974. The average Bonchev–Trinajstić information content (AvgIpc) is 3.17. The lowest BCUT2D eigenvalue weighted by Crippen LogP contribution is -2.35. The van der Waals surface area contributed by atoms with Crippen molar-refractivity contribution in [1.29, 1.82) is 0 Å². The Hall–Kier alpha value is -0.240. The molecule has 3 aliphatic rings. The van der Waals surface area contributed by atoms with Crippen LogP contribution in [-0.2, 0) is 18.9 Å². The SMILES string of the molecule is CC1(C)O[C@H]([C@H]2O[C@@H]2CO)[C@@H]([C@@H]2O[C@@H]2CO)O1. The van der Waals surface area contributed by atoms with Gasteiger partial charge < -0.3 is 29.2 Å². The first-order chi connectivity index (χ1) is 8.05. The highest BCUT2D eigenvalue weighted by molar-refractivity contribution is 5.05. The van der Waals surface area contributed by atoms with Crippen LogP contribution in [0.1, 0.15) is 13.8 Å². The predicted molar refractivity (Wildman–Crippen MR) is 55.3 cm³/mol. The van der Waals surface area contributed by atoms with Gasteiger partial charge in [-0.2, -0.15) is 0 Å². The lowest BCUT2D eigenvalue weighted by atomic mass is 10.0. The Labute approximate surface area is 99.4 Å². The number of aliphatic hydroxyl groups is 2. The Balaban J connectivity index is 1.68. The molecule has 0 aromatic rings. The Kier molecular flexibility index (Phi) is 2.70. The van der Waals surface area contributed by atoms with Gasteiger partial charge in [0.1, 0.15) is 36.6 Å². The number of hydrogen-bond donors (Lipinski definition) is 2. The fourth-order valence-electron chi connectivity index (χ4n) is 2.51. The van der Waals surface area contributed by atoms with Crippen LogP contribution in [0.25, 0.3) is 0 Å². The molecule has 6 heteroatoms. The largest absolute Gasteiger partial charge is 0.394 e. The summed E-state index contributed by atoms with van der Waals surface area (Å²) in [6.07, 6.45) is -1.05. The van der Waals surface area contributed by atoms with E-state index in [1.54, 1.807) is 0 Å². The third kappa shape index (κ3) is 2.09. The van der Waals surface area contributed by atoms with Gasteiger partial charge in [-0.1, -0.05) is 0 Å². The summed E-state index contributed by atoms with van der Waals surface area (Å²) in [6.45, 7) is 3.67. The molecule has 6 atom stereocenters. The Bertz CT molecular complexity index is 278. The number of rotatable bonds is 4. The molecule has 3 rings (SSSR count). The second kappa shape index (κ2) is 3.88. The van der Waals surface area contributed by atoms with Gasteiger partial charge in [-0.15, -0.1) is 0 Å². The highest BCUT2D eigenvalue weighted by atomic mass is 16.8. The topological polar surface area (TPSA) is 84.0 Å². The molecular weight excluding hydrogens is 228 g/mol. The van der Waals surface area contributed by atoms with Crippen molar-refractivity contribution < 1.29 is 29.2 Å². The maximum atomic E-state index is 9.01. The smallest absolute Gasteiger partial charge is 0.164 e. The number of ether oxygens (including phenoxy) is 4. The van der Waals surface area contributed by atoms with Gasteiger partial charge in [0.15, 0.2) is 5.79 Å². The van der Waals surface area contributed by atoms with Crippen molar-refractivity contribution >= 4 is 0 Å². The molecule has 0 unspecified atom stereocenters. The fourth-order valence-corrected chi connectivity index (χ4v) is 2.51. The molecule has 17 heavy (non-hydrogen) atoms. The molecule has 0 aromatic carbocycles. The summed E-state index contributed by atoms with van der Waals surface area (Å²) in [5.74, 6) is -0.673. The first kappa shape index (κ1) is 11.8. The summed E-state index contributed by atoms with van der Waals surface area (Å²) in [7, 11) is 0. The van der Waals surface area contributed by atoms with Gasteiger partial charge in [0.25, 0.3) is 0 Å². The van der Waals surface area contributed by atoms with Gasteiger partial charge >= 0.3 is 0 Å². The first-order valence-electron chi connectivity index (χ1n) is 5.94. The summed E-state index contributed by atoms with van der Waals surface area (Å²) < 4.78 is 22.3. The molecule has 3 heterocycles. The Morgan fingerprint density at radius 3 is 1.53 bits per heavy atom. The van der Waals surface area contributed by atoms with Crippen LogP contribution in [-0.4, -0.2) is 65.8 Å². The fraction of sp³-hybridized carbons (Fsp3) is 1.00. The van der Waals surface area contributed by atoms with Crippen molar-refractivity contribution in [2.75, 3.05) is 13.2 Å². The Morgan fingerprint density at radius 2 is 1.24 bits per heavy atom. The van der Waals surface area contributed by atoms with E-state index in [4.69, 9.17) is 29.2 Å². The van der Waals surface area contributed by atoms with E-state index >= 15 is 0 Å². The van der Waals surface area contributed by atoms with E-state index in [1.807, 2.05) is 13.8 Å². The van der Waals surface area contributed by atoms with Crippen LogP contribution in [0.2, 0.25) is 0 Å². The van der Waals surface area contributed by atoms with Gasteiger partial charge in [-0.05, 0) is 13.8 Å². The standard InChI is InChI=1S/C11H18O6/c1-11(2)16-9(7-5(3-12)14-7)10(17-11)8-6(4-13)15-8/h5-10,12-13H,3-4H2,1-2H3/t5-,6-,7-,8+,9-,10-/m1/s1. The minimum Gasteiger partial charge on any atom is -0.394 e. The quantitative estimate of drug-likeness (QED) is 0.621. The molecule has 3 fully saturated rings. The van der Waals surface area contributed by atoms with E-state index in [0.717, 1.165) is 0 Å². The van der Waals surface area contributed by atoms with E-state index < -0.39 is 5.79 Å². The molecule has 0 amide bonds. The molecule has 0 spiro atoms. The van der Waals surface area contributed by atoms with Crippen molar-refractivity contribution in [2.45, 2.75) is 56.3 Å². The molecule has 0 aliphatic carbocycles. The molecular formula is C11H18O6. The molecule has 2 N–H and O–H groups in total. The van der Waals surface area contributed by atoms with Crippen LogP contribution in [0.5, 0.6) is 0 Å². The Morgan fingerprint density at radius 1 is 0.824 bits per heavy atom. The normalized spacial score (nSPS) is 51.5. The molecule has 0 aromatic heterocycles. The first-order valence-corrected chi connectivity index (χ1v) is 5.94. The third-order valence-corrected chi connectivity index (χ3v) is 3.41. The molecule has 6 nitrogen and oxygen atoms in total. The second-order valence-electron chi connectivity index (χ2n) is 5.21. The van der Waals surface area contributed by atoms with E-state index in [-0.39, 0.29) is 49.8 Å². The van der Waals surface area contributed by atoms with Crippen molar-refractivity contribution in [2.24, 2.45) is 0 Å². The average molecular weight is 246 g/mol. The molecule has 0 saturated carbocycles. The molecule has 98 valence electrons. The lowest BCUT2D eigenvalue weighted by Gasteiger charge is -2.16. The van der Waals surface area contributed by atoms with Gasteiger partial charge in [0, 0.05) is 0 Å². The molecule has 0 radical (unpaired) electrons. The van der Waals surface area contributed by atoms with Crippen LogP contribution >= 0.6 is 0 Å². The highest BCUT2D eigenvalue weighted by Gasteiger charge is 2.61. The van der Waals surface area contributed by atoms with Crippen LogP contribution in [0.3, 0.4) is 0 Å². The van der Waals surface area contributed by atoms with Gasteiger partial charge in [0.05, 0.1) is 13.2 Å².